The van der Waals surface area contributed by atoms with E-state index in [1.807, 2.05) is 40.7 Å². The predicted molar refractivity (Wildman–Crippen MR) is 65.7 cm³/mol. The number of aldehydes is 1. The van der Waals surface area contributed by atoms with Gasteiger partial charge in [-0.25, -0.2) is 4.79 Å². The van der Waals surface area contributed by atoms with Crippen molar-refractivity contribution in [3.63, 3.8) is 0 Å². The van der Waals surface area contributed by atoms with E-state index in [2.05, 4.69) is 0 Å². The van der Waals surface area contributed by atoms with Crippen LogP contribution in [0.4, 0.5) is 4.79 Å². The van der Waals surface area contributed by atoms with Gasteiger partial charge in [-0.05, 0) is 33.3 Å². The van der Waals surface area contributed by atoms with E-state index in [4.69, 9.17) is 4.74 Å². The summed E-state index contributed by atoms with van der Waals surface area (Å²) < 4.78 is 5.30. The minimum absolute atomic E-state index is 0.0741. The van der Waals surface area contributed by atoms with E-state index in [9.17, 15) is 9.59 Å². The molecule has 0 aromatic carbocycles. The lowest BCUT2D eigenvalue weighted by molar-refractivity contribution is -0.112. The molecule has 17 heavy (non-hydrogen) atoms. The number of rotatable bonds is 1. The molecule has 0 aliphatic carbocycles. The van der Waals surface area contributed by atoms with Crippen molar-refractivity contribution in [1.82, 2.24) is 4.90 Å². The van der Waals surface area contributed by atoms with Gasteiger partial charge in [0.05, 0.1) is 6.04 Å². The molecule has 1 amide bonds. The molecule has 1 heterocycles. The van der Waals surface area contributed by atoms with Gasteiger partial charge in [-0.1, -0.05) is 13.0 Å². The molecule has 4 heteroatoms. The topological polar surface area (TPSA) is 46.6 Å². The van der Waals surface area contributed by atoms with Crippen molar-refractivity contribution in [2.45, 2.75) is 46.3 Å². The average molecular weight is 239 g/mol. The molecule has 0 unspecified atom stereocenters. The summed E-state index contributed by atoms with van der Waals surface area (Å²) in [5, 5.41) is 0. The number of hydrogen-bond acceptors (Lipinski definition) is 3. The Labute approximate surface area is 103 Å². The third kappa shape index (κ3) is 3.08. The maximum atomic E-state index is 12.0. The molecule has 0 radical (unpaired) electrons. The first-order chi connectivity index (χ1) is 7.80. The van der Waals surface area contributed by atoms with Gasteiger partial charge in [-0.2, -0.15) is 0 Å². The first kappa shape index (κ1) is 13.7. The second-order valence-corrected chi connectivity index (χ2v) is 5.39. The Balaban J connectivity index is 2.84. The average Bonchev–Trinajstić information content (AvgIpc) is 2.52. The number of carbonyl (C=O) groups is 2. The second kappa shape index (κ2) is 4.90. The molecule has 0 aromatic rings. The molecule has 1 saturated heterocycles. The van der Waals surface area contributed by atoms with Crippen molar-refractivity contribution < 1.29 is 14.3 Å². The zero-order chi connectivity index (χ0) is 13.2. The molecule has 96 valence electrons. The zero-order valence-electron chi connectivity index (χ0n) is 11.2. The summed E-state index contributed by atoms with van der Waals surface area (Å²) >= 11 is 0. The molecular formula is C13H21NO3. The van der Waals surface area contributed by atoms with Gasteiger partial charge in [0.1, 0.15) is 11.9 Å². The summed E-state index contributed by atoms with van der Waals surface area (Å²) in [7, 11) is 0. The third-order valence-electron chi connectivity index (χ3n) is 2.95. The van der Waals surface area contributed by atoms with Gasteiger partial charge in [0.25, 0.3) is 0 Å². The van der Waals surface area contributed by atoms with Crippen molar-refractivity contribution in [2.24, 2.45) is 5.92 Å². The summed E-state index contributed by atoms with van der Waals surface area (Å²) in [5.41, 5.74) is 0.569. The van der Waals surface area contributed by atoms with Crippen molar-refractivity contribution >= 4 is 12.4 Å². The van der Waals surface area contributed by atoms with E-state index in [0.717, 1.165) is 11.9 Å². The number of carbonyl (C=O) groups excluding carboxylic acids is 2. The van der Waals surface area contributed by atoms with E-state index >= 15 is 0 Å². The Morgan fingerprint density at radius 3 is 2.47 bits per heavy atom. The van der Waals surface area contributed by atoms with Gasteiger partial charge in [-0.3, -0.25) is 4.90 Å². The van der Waals surface area contributed by atoms with Crippen LogP contribution in [-0.4, -0.2) is 35.5 Å². The molecule has 1 rings (SSSR count). The maximum absolute atomic E-state index is 12.0. The van der Waals surface area contributed by atoms with Gasteiger partial charge in [0.2, 0.25) is 0 Å². The fourth-order valence-corrected chi connectivity index (χ4v) is 1.99. The highest BCUT2D eigenvalue weighted by Gasteiger charge is 2.39. The van der Waals surface area contributed by atoms with E-state index in [1.165, 1.54) is 4.90 Å². The van der Waals surface area contributed by atoms with Crippen molar-refractivity contribution in [3.8, 4) is 0 Å². The van der Waals surface area contributed by atoms with E-state index in [-0.39, 0.29) is 5.92 Å². The highest BCUT2D eigenvalue weighted by atomic mass is 16.6. The molecule has 1 fully saturated rings. The van der Waals surface area contributed by atoms with Crippen molar-refractivity contribution in [3.05, 3.63) is 11.6 Å². The molecule has 0 aromatic heterocycles. The first-order valence-corrected chi connectivity index (χ1v) is 5.90. The van der Waals surface area contributed by atoms with Crippen LogP contribution < -0.4 is 0 Å². The first-order valence-electron chi connectivity index (χ1n) is 5.90. The minimum atomic E-state index is -0.535. The summed E-state index contributed by atoms with van der Waals surface area (Å²) in [6, 6.07) is -0.406. The Morgan fingerprint density at radius 1 is 1.47 bits per heavy atom. The molecule has 1 aliphatic heterocycles. The molecule has 4 nitrogen and oxygen atoms in total. The van der Waals surface area contributed by atoms with Crippen LogP contribution >= 0.6 is 0 Å². The van der Waals surface area contributed by atoms with Crippen LogP contribution in [0, 0.1) is 5.92 Å². The summed E-state index contributed by atoms with van der Waals surface area (Å²) in [6.45, 7) is 9.81. The molecule has 0 N–H and O–H groups in total. The van der Waals surface area contributed by atoms with Crippen LogP contribution in [0.2, 0.25) is 0 Å². The quantitative estimate of drug-likeness (QED) is 0.521. The van der Waals surface area contributed by atoms with Gasteiger partial charge >= 0.3 is 6.09 Å². The van der Waals surface area contributed by atoms with Crippen LogP contribution in [0.15, 0.2) is 11.6 Å². The predicted octanol–water partition coefficient (Wildman–Crippen LogP) is 2.39. The fraction of sp³-hybridized carbons (Fsp3) is 0.692. The van der Waals surface area contributed by atoms with Crippen LogP contribution in [-0.2, 0) is 9.53 Å². The van der Waals surface area contributed by atoms with E-state index < -0.39 is 17.7 Å². The van der Waals surface area contributed by atoms with Crippen LogP contribution in [0.5, 0.6) is 0 Å². The number of hydrogen-bond donors (Lipinski definition) is 0. The summed E-state index contributed by atoms with van der Waals surface area (Å²) in [4.78, 5) is 24.5. The lowest BCUT2D eigenvalue weighted by Crippen LogP contribution is -2.41. The summed E-state index contributed by atoms with van der Waals surface area (Å²) in [6.07, 6.45) is 2.37. The number of amides is 1. The molecule has 0 bridgehead atoms. The van der Waals surface area contributed by atoms with Gasteiger partial charge in [0, 0.05) is 12.5 Å². The van der Waals surface area contributed by atoms with Crippen LogP contribution in [0.25, 0.3) is 0 Å². The summed E-state index contributed by atoms with van der Waals surface area (Å²) in [5.74, 6) is 0.0741. The molecule has 1 aliphatic rings. The monoisotopic (exact) mass is 239 g/mol. The molecule has 0 spiro atoms. The standard InChI is InChI=1S/C13H21NO3/c1-6-10-7-14(11(8-15)9(10)2)12(16)17-13(3,4)5/h6,8-9,11H,7H2,1-5H3/b10-6+/t9-,11+/m1/s1. The third-order valence-corrected chi connectivity index (χ3v) is 2.95. The maximum Gasteiger partial charge on any atom is 0.411 e. The highest BCUT2D eigenvalue weighted by Crippen LogP contribution is 2.29. The minimum Gasteiger partial charge on any atom is -0.444 e. The fourth-order valence-electron chi connectivity index (χ4n) is 1.99. The lowest BCUT2D eigenvalue weighted by atomic mass is 9.99. The Bertz CT molecular complexity index is 341. The number of ether oxygens (including phenoxy) is 1. The van der Waals surface area contributed by atoms with Gasteiger partial charge in [0.15, 0.2) is 0 Å². The Morgan fingerprint density at radius 2 is 2.06 bits per heavy atom. The zero-order valence-corrected chi connectivity index (χ0v) is 11.2. The smallest absolute Gasteiger partial charge is 0.411 e. The number of allylic oxidation sites excluding steroid dienone is 1. The van der Waals surface area contributed by atoms with Crippen LogP contribution in [0.1, 0.15) is 34.6 Å². The molecule has 0 saturated carbocycles. The second-order valence-electron chi connectivity index (χ2n) is 5.39. The Kier molecular flexibility index (Phi) is 3.96. The van der Waals surface area contributed by atoms with Gasteiger partial charge < -0.3 is 9.53 Å². The molecular weight excluding hydrogens is 218 g/mol. The van der Waals surface area contributed by atoms with Crippen molar-refractivity contribution in [1.29, 1.82) is 0 Å². The Hall–Kier alpha value is -1.32. The van der Waals surface area contributed by atoms with Gasteiger partial charge in [-0.15, -0.1) is 0 Å². The van der Waals surface area contributed by atoms with E-state index in [1.54, 1.807) is 0 Å². The molecule has 2 atom stereocenters. The lowest BCUT2D eigenvalue weighted by Gasteiger charge is -2.26. The SMILES string of the molecule is C/C=C1\CN(C(=O)OC(C)(C)C)[C@@H](C=O)[C@@H]1C. The number of nitrogens with zero attached hydrogens (tertiary/aromatic N) is 1. The number of likely N-dealkylation sites (tertiary alicyclic amines) is 1. The normalized spacial score (nSPS) is 27.4. The van der Waals surface area contributed by atoms with Crippen molar-refractivity contribution in [2.75, 3.05) is 6.54 Å². The van der Waals surface area contributed by atoms with E-state index in [0.29, 0.717) is 6.54 Å². The van der Waals surface area contributed by atoms with Crippen LogP contribution in [0.3, 0.4) is 0 Å². The largest absolute Gasteiger partial charge is 0.444 e. The highest BCUT2D eigenvalue weighted by molar-refractivity contribution is 5.76.